The van der Waals surface area contributed by atoms with Gasteiger partial charge < -0.3 is 18.9 Å². The van der Waals surface area contributed by atoms with Crippen LogP contribution in [0.4, 0.5) is 0 Å². The molecule has 2 heterocycles. The van der Waals surface area contributed by atoms with Crippen molar-refractivity contribution in [3.05, 3.63) is 83.9 Å². The average molecular weight is 676 g/mol. The van der Waals surface area contributed by atoms with E-state index in [4.69, 9.17) is 18.9 Å². The topological polar surface area (TPSA) is 84.2 Å². The Balaban J connectivity index is 1.44. The highest BCUT2D eigenvalue weighted by Crippen LogP contribution is 2.36. The zero-order valence-corrected chi connectivity index (χ0v) is 23.9. The lowest BCUT2D eigenvalue weighted by Crippen LogP contribution is -2.22. The molecule has 0 atom stereocenters. The van der Waals surface area contributed by atoms with Gasteiger partial charge in [0.25, 0.3) is 5.56 Å². The smallest absolute Gasteiger partial charge is 0.282 e. The summed E-state index contributed by atoms with van der Waals surface area (Å²) in [6.07, 6.45) is 2.20. The molecule has 0 fully saturated rings. The molecule has 3 aromatic carbocycles. The molecule has 0 radical (unpaired) electrons. The van der Waals surface area contributed by atoms with Crippen LogP contribution in [0.1, 0.15) is 30.8 Å². The van der Waals surface area contributed by atoms with E-state index in [0.29, 0.717) is 53.6 Å². The molecule has 4 aromatic rings. The van der Waals surface area contributed by atoms with E-state index < -0.39 is 0 Å². The molecule has 8 nitrogen and oxygen atoms in total. The van der Waals surface area contributed by atoms with Crippen molar-refractivity contribution in [1.82, 2.24) is 9.66 Å². The molecule has 37 heavy (non-hydrogen) atoms. The SMILES string of the molecule is CCOc1cc(C=Nn2c(CC)nc3ccc(Br)cc3c2=O)cc(I)c1OCc1ccc2c(c1)OCO2. The number of nitrogens with zero attached hydrogens (tertiary/aromatic N) is 3. The molecule has 190 valence electrons. The van der Waals surface area contributed by atoms with Crippen LogP contribution in [0.15, 0.2) is 62.9 Å². The quantitative estimate of drug-likeness (QED) is 0.171. The summed E-state index contributed by atoms with van der Waals surface area (Å²) < 4.78 is 25.9. The van der Waals surface area contributed by atoms with E-state index >= 15 is 0 Å². The van der Waals surface area contributed by atoms with Gasteiger partial charge in [0, 0.05) is 10.9 Å². The van der Waals surface area contributed by atoms with Crippen LogP contribution in [-0.2, 0) is 13.0 Å². The van der Waals surface area contributed by atoms with Gasteiger partial charge in [0.15, 0.2) is 23.0 Å². The van der Waals surface area contributed by atoms with Crippen LogP contribution in [0.5, 0.6) is 23.0 Å². The third-order valence-corrected chi connectivity index (χ3v) is 6.96. The van der Waals surface area contributed by atoms with Gasteiger partial charge in [-0.15, -0.1) is 0 Å². The molecule has 5 rings (SSSR count). The highest BCUT2D eigenvalue weighted by Gasteiger charge is 2.16. The minimum atomic E-state index is -0.220. The Bertz CT molecular complexity index is 1570. The standard InChI is InChI=1S/C27H23BrIN3O5/c1-3-25-31-21-7-6-18(28)12-19(21)27(33)32(25)30-13-17-9-20(29)26(24(11-17)34-4-2)35-14-16-5-8-22-23(10-16)37-15-36-22/h5-13H,3-4,14-15H2,1-2H3. The lowest BCUT2D eigenvalue weighted by atomic mass is 10.2. The number of benzene rings is 3. The zero-order valence-electron chi connectivity index (χ0n) is 20.2. The van der Waals surface area contributed by atoms with Crippen molar-refractivity contribution in [2.45, 2.75) is 26.9 Å². The number of rotatable bonds is 8. The molecule has 1 aromatic heterocycles. The minimum absolute atomic E-state index is 0.220. The third kappa shape index (κ3) is 5.45. The highest BCUT2D eigenvalue weighted by molar-refractivity contribution is 14.1. The molecule has 0 saturated carbocycles. The van der Waals surface area contributed by atoms with Gasteiger partial charge in [0.05, 0.1) is 27.3 Å². The van der Waals surface area contributed by atoms with Crippen LogP contribution in [0.25, 0.3) is 10.9 Å². The van der Waals surface area contributed by atoms with Gasteiger partial charge >= 0.3 is 0 Å². The number of aromatic nitrogens is 2. The van der Waals surface area contributed by atoms with Gasteiger partial charge in [-0.05, 0) is 83.1 Å². The predicted molar refractivity (Wildman–Crippen MR) is 153 cm³/mol. The number of hydrogen-bond donors (Lipinski definition) is 0. The second-order valence-electron chi connectivity index (χ2n) is 8.14. The second-order valence-corrected chi connectivity index (χ2v) is 10.2. The van der Waals surface area contributed by atoms with Crippen LogP contribution in [0.3, 0.4) is 0 Å². The molecular weight excluding hydrogens is 653 g/mol. The average Bonchev–Trinajstić information content (AvgIpc) is 3.36. The fourth-order valence-electron chi connectivity index (χ4n) is 3.92. The Morgan fingerprint density at radius 2 is 1.95 bits per heavy atom. The third-order valence-electron chi connectivity index (χ3n) is 5.67. The van der Waals surface area contributed by atoms with Gasteiger partial charge in [-0.3, -0.25) is 4.79 Å². The van der Waals surface area contributed by atoms with Crippen LogP contribution < -0.4 is 24.5 Å². The van der Waals surface area contributed by atoms with Gasteiger partial charge in [-0.1, -0.05) is 28.9 Å². The monoisotopic (exact) mass is 675 g/mol. The summed E-state index contributed by atoms with van der Waals surface area (Å²) in [5.41, 5.74) is 2.15. The fraction of sp³-hybridized carbons (Fsp3) is 0.222. The molecule has 0 N–H and O–H groups in total. The summed E-state index contributed by atoms with van der Waals surface area (Å²) in [4.78, 5) is 17.8. The molecule has 0 bridgehead atoms. The zero-order chi connectivity index (χ0) is 25.9. The molecule has 1 aliphatic rings. The summed E-state index contributed by atoms with van der Waals surface area (Å²) >= 11 is 5.64. The fourth-order valence-corrected chi connectivity index (χ4v) is 5.06. The first-order chi connectivity index (χ1) is 18.0. The Hall–Kier alpha value is -3.12. The number of hydrogen-bond acceptors (Lipinski definition) is 7. The Morgan fingerprint density at radius 1 is 1.11 bits per heavy atom. The van der Waals surface area contributed by atoms with Gasteiger partial charge in [-0.25, -0.2) is 4.98 Å². The maximum absolute atomic E-state index is 13.2. The second kappa shape index (κ2) is 11.1. The van der Waals surface area contributed by atoms with Crippen molar-refractivity contribution >= 4 is 55.6 Å². The first-order valence-electron chi connectivity index (χ1n) is 11.7. The van der Waals surface area contributed by atoms with Gasteiger partial charge in [0.2, 0.25) is 6.79 Å². The highest BCUT2D eigenvalue weighted by atomic mass is 127. The van der Waals surface area contributed by atoms with Crippen molar-refractivity contribution in [3.63, 3.8) is 0 Å². The maximum Gasteiger partial charge on any atom is 0.282 e. The van der Waals surface area contributed by atoms with Crippen LogP contribution in [0, 0.1) is 3.57 Å². The van der Waals surface area contributed by atoms with E-state index in [1.807, 2.05) is 56.3 Å². The first-order valence-corrected chi connectivity index (χ1v) is 13.6. The summed E-state index contributed by atoms with van der Waals surface area (Å²) in [6.45, 7) is 4.91. The summed E-state index contributed by atoms with van der Waals surface area (Å²) in [7, 11) is 0. The van der Waals surface area contributed by atoms with Gasteiger partial charge in [0.1, 0.15) is 12.4 Å². The largest absolute Gasteiger partial charge is 0.490 e. The van der Waals surface area contributed by atoms with Crippen LogP contribution in [0.2, 0.25) is 0 Å². The van der Waals surface area contributed by atoms with Crippen molar-refractivity contribution in [2.75, 3.05) is 13.4 Å². The maximum atomic E-state index is 13.2. The Morgan fingerprint density at radius 3 is 2.76 bits per heavy atom. The van der Waals surface area contributed by atoms with E-state index in [1.165, 1.54) is 4.68 Å². The van der Waals surface area contributed by atoms with Crippen molar-refractivity contribution in [1.29, 1.82) is 0 Å². The van der Waals surface area contributed by atoms with Crippen LogP contribution >= 0.6 is 38.5 Å². The molecule has 0 aliphatic carbocycles. The Labute approximate surface area is 235 Å². The number of ether oxygens (including phenoxy) is 4. The minimum Gasteiger partial charge on any atom is -0.490 e. The molecule has 1 aliphatic heterocycles. The normalized spacial score (nSPS) is 12.4. The van der Waals surface area contributed by atoms with Crippen molar-refractivity contribution in [2.24, 2.45) is 5.10 Å². The van der Waals surface area contributed by atoms with E-state index in [-0.39, 0.29) is 12.4 Å². The number of fused-ring (bicyclic) bond motifs is 2. The first kappa shape index (κ1) is 25.5. The lowest BCUT2D eigenvalue weighted by Gasteiger charge is -2.15. The molecule has 0 spiro atoms. The molecule has 0 amide bonds. The summed E-state index contributed by atoms with van der Waals surface area (Å²) in [6, 6.07) is 15.0. The van der Waals surface area contributed by atoms with E-state index in [1.54, 1.807) is 12.3 Å². The number of aryl methyl sites for hydroxylation is 1. The van der Waals surface area contributed by atoms with E-state index in [2.05, 4.69) is 48.6 Å². The molecule has 0 saturated heterocycles. The van der Waals surface area contributed by atoms with E-state index in [9.17, 15) is 4.79 Å². The Kier molecular flexibility index (Phi) is 7.65. The number of halogens is 2. The molecule has 10 heteroatoms. The summed E-state index contributed by atoms with van der Waals surface area (Å²) in [5, 5.41) is 5.00. The predicted octanol–water partition coefficient (Wildman–Crippen LogP) is 5.91. The van der Waals surface area contributed by atoms with Crippen molar-refractivity contribution < 1.29 is 18.9 Å². The van der Waals surface area contributed by atoms with Crippen LogP contribution in [-0.4, -0.2) is 29.3 Å². The van der Waals surface area contributed by atoms with Crippen molar-refractivity contribution in [3.8, 4) is 23.0 Å². The summed E-state index contributed by atoms with van der Waals surface area (Å²) in [5.74, 6) is 3.27. The van der Waals surface area contributed by atoms with Gasteiger partial charge in [-0.2, -0.15) is 9.78 Å². The molecule has 0 unspecified atom stereocenters. The lowest BCUT2D eigenvalue weighted by molar-refractivity contribution is 0.174. The molecular formula is C27H23BrIN3O5. The van der Waals surface area contributed by atoms with E-state index in [0.717, 1.165) is 24.9 Å².